The first kappa shape index (κ1) is 16.4. The van der Waals surface area contributed by atoms with Gasteiger partial charge in [-0.1, -0.05) is 32.9 Å². The van der Waals surface area contributed by atoms with Crippen LogP contribution in [0.4, 0.5) is 0 Å². The first-order valence-electron chi connectivity index (χ1n) is 9.15. The minimum Gasteiger partial charge on any atom is -0.335 e. The summed E-state index contributed by atoms with van der Waals surface area (Å²) in [5.74, 6) is 1.06. The molecule has 1 saturated carbocycles. The van der Waals surface area contributed by atoms with Gasteiger partial charge in [0.25, 0.3) is 5.91 Å². The highest BCUT2D eigenvalue weighted by atomic mass is 16.2. The van der Waals surface area contributed by atoms with Gasteiger partial charge in [0.2, 0.25) is 0 Å². The van der Waals surface area contributed by atoms with E-state index in [1.54, 1.807) is 6.20 Å². The fourth-order valence-electron chi connectivity index (χ4n) is 5.30. The van der Waals surface area contributed by atoms with Gasteiger partial charge in [-0.15, -0.1) is 0 Å². The van der Waals surface area contributed by atoms with E-state index >= 15 is 0 Å². The summed E-state index contributed by atoms with van der Waals surface area (Å²) in [6, 6.07) is 8.28. The van der Waals surface area contributed by atoms with Crippen LogP contribution in [-0.2, 0) is 7.05 Å². The van der Waals surface area contributed by atoms with Gasteiger partial charge < -0.3 is 9.47 Å². The minimum atomic E-state index is 0.169. The van der Waals surface area contributed by atoms with Crippen LogP contribution in [0.5, 0.6) is 0 Å². The van der Waals surface area contributed by atoms with E-state index < -0.39 is 0 Å². The van der Waals surface area contributed by atoms with Crippen molar-refractivity contribution in [3.8, 4) is 11.4 Å². The lowest BCUT2D eigenvalue weighted by Crippen LogP contribution is -2.37. The van der Waals surface area contributed by atoms with Crippen LogP contribution >= 0.6 is 0 Å². The van der Waals surface area contributed by atoms with Crippen molar-refractivity contribution in [2.75, 3.05) is 6.54 Å². The molecule has 0 spiro atoms. The quantitative estimate of drug-likeness (QED) is 0.826. The van der Waals surface area contributed by atoms with Crippen molar-refractivity contribution in [2.24, 2.45) is 17.9 Å². The van der Waals surface area contributed by atoms with Crippen LogP contribution in [0, 0.1) is 10.8 Å². The number of fused-ring (bicyclic) bond motifs is 2. The zero-order valence-electron chi connectivity index (χ0n) is 15.6. The molecule has 2 fully saturated rings. The molecule has 4 heteroatoms. The third kappa shape index (κ3) is 2.88. The lowest BCUT2D eigenvalue weighted by molar-refractivity contribution is 0.0708. The van der Waals surface area contributed by atoms with Gasteiger partial charge in [-0.3, -0.25) is 4.79 Å². The van der Waals surface area contributed by atoms with Crippen LogP contribution in [0.3, 0.4) is 0 Å². The molecule has 1 aliphatic heterocycles. The minimum absolute atomic E-state index is 0.169. The molecule has 1 aromatic carbocycles. The van der Waals surface area contributed by atoms with E-state index in [-0.39, 0.29) is 11.3 Å². The van der Waals surface area contributed by atoms with Crippen molar-refractivity contribution in [1.29, 1.82) is 0 Å². The molecule has 1 saturated heterocycles. The number of hydrogen-bond donors (Lipinski definition) is 0. The summed E-state index contributed by atoms with van der Waals surface area (Å²) in [5.41, 5.74) is 2.35. The number of likely N-dealkylation sites (tertiary alicyclic amines) is 1. The number of aromatic nitrogens is 2. The topological polar surface area (TPSA) is 38.1 Å². The van der Waals surface area contributed by atoms with E-state index in [9.17, 15) is 4.79 Å². The third-order valence-electron chi connectivity index (χ3n) is 5.86. The molecule has 1 amide bonds. The average molecular weight is 337 g/mol. The fourth-order valence-corrected chi connectivity index (χ4v) is 5.30. The number of amides is 1. The average Bonchev–Trinajstić information content (AvgIpc) is 3.06. The summed E-state index contributed by atoms with van der Waals surface area (Å²) < 4.78 is 1.98. The molecule has 1 aromatic heterocycles. The monoisotopic (exact) mass is 337 g/mol. The molecule has 4 rings (SSSR count). The van der Waals surface area contributed by atoms with Crippen LogP contribution in [-0.4, -0.2) is 32.9 Å². The number of hydrogen-bond acceptors (Lipinski definition) is 2. The zero-order chi connectivity index (χ0) is 17.8. The molecule has 2 aromatic rings. The molecule has 132 valence electrons. The Hall–Kier alpha value is -2.10. The van der Waals surface area contributed by atoms with Gasteiger partial charge in [-0.2, -0.15) is 0 Å². The summed E-state index contributed by atoms with van der Waals surface area (Å²) in [5, 5.41) is 0. The third-order valence-corrected chi connectivity index (χ3v) is 5.86. The Labute approximate surface area is 149 Å². The number of rotatable bonds is 2. The highest BCUT2D eigenvalue weighted by Crippen LogP contribution is 2.52. The maximum absolute atomic E-state index is 13.2. The second kappa shape index (κ2) is 5.45. The van der Waals surface area contributed by atoms with Crippen molar-refractivity contribution >= 4 is 5.91 Å². The molecular weight excluding hydrogens is 310 g/mol. The van der Waals surface area contributed by atoms with Crippen molar-refractivity contribution in [3.05, 3.63) is 42.2 Å². The van der Waals surface area contributed by atoms with Crippen LogP contribution < -0.4 is 0 Å². The first-order valence-corrected chi connectivity index (χ1v) is 9.15. The van der Waals surface area contributed by atoms with Gasteiger partial charge in [0.1, 0.15) is 5.82 Å². The van der Waals surface area contributed by atoms with Crippen LogP contribution in [0.1, 0.15) is 50.4 Å². The number of benzene rings is 1. The predicted octanol–water partition coefficient (Wildman–Crippen LogP) is 4.13. The first-order chi connectivity index (χ1) is 11.8. The van der Waals surface area contributed by atoms with Gasteiger partial charge >= 0.3 is 0 Å². The Balaban J connectivity index is 1.63. The van der Waals surface area contributed by atoms with Gasteiger partial charge in [0.15, 0.2) is 0 Å². The zero-order valence-corrected chi connectivity index (χ0v) is 15.6. The molecule has 0 unspecified atom stereocenters. The lowest BCUT2D eigenvalue weighted by Gasteiger charge is -2.39. The molecule has 2 atom stereocenters. The summed E-state index contributed by atoms with van der Waals surface area (Å²) >= 11 is 0. The Morgan fingerprint density at radius 3 is 2.76 bits per heavy atom. The molecule has 1 aliphatic carbocycles. The highest BCUT2D eigenvalue weighted by molar-refractivity contribution is 5.95. The van der Waals surface area contributed by atoms with E-state index in [1.807, 2.05) is 42.1 Å². The van der Waals surface area contributed by atoms with Crippen molar-refractivity contribution in [2.45, 2.75) is 46.1 Å². The smallest absolute Gasteiger partial charge is 0.254 e. The standard InChI is InChI=1S/C21H27N3O/c1-20(2)11-17-12-21(3,13-20)14-24(17)19(25)16-7-5-6-15(10-16)18-22-8-9-23(18)4/h5-10,17H,11-14H2,1-4H3/t17-,21-/m1/s1. The summed E-state index contributed by atoms with van der Waals surface area (Å²) in [4.78, 5) is 19.8. The van der Waals surface area contributed by atoms with Crippen molar-refractivity contribution in [3.63, 3.8) is 0 Å². The molecule has 2 heterocycles. The molecule has 2 aliphatic rings. The number of carbonyl (C=O) groups is 1. The molecule has 0 N–H and O–H groups in total. The van der Waals surface area contributed by atoms with Gasteiger partial charge in [0.05, 0.1) is 0 Å². The SMILES string of the molecule is Cn1ccnc1-c1cccc(C(=O)N2C[C@]3(C)C[C@H]2CC(C)(C)C3)c1. The Bertz CT molecular complexity index is 822. The van der Waals surface area contributed by atoms with Crippen molar-refractivity contribution in [1.82, 2.24) is 14.5 Å². The van der Waals surface area contributed by atoms with Crippen LogP contribution in [0.15, 0.2) is 36.7 Å². The van der Waals surface area contributed by atoms with E-state index in [0.717, 1.165) is 36.3 Å². The second-order valence-electron chi connectivity index (χ2n) is 9.09. The fraction of sp³-hybridized carbons (Fsp3) is 0.524. The largest absolute Gasteiger partial charge is 0.335 e. The summed E-state index contributed by atoms with van der Waals surface area (Å²) in [6.45, 7) is 7.91. The normalized spacial score (nSPS) is 27.5. The Morgan fingerprint density at radius 1 is 1.24 bits per heavy atom. The summed E-state index contributed by atoms with van der Waals surface area (Å²) in [7, 11) is 1.98. The number of aryl methyl sites for hydroxylation is 1. The van der Waals surface area contributed by atoms with E-state index in [0.29, 0.717) is 11.5 Å². The number of carbonyl (C=O) groups excluding carboxylic acids is 1. The van der Waals surface area contributed by atoms with Crippen molar-refractivity contribution < 1.29 is 4.79 Å². The number of nitrogens with zero attached hydrogens (tertiary/aromatic N) is 3. The van der Waals surface area contributed by atoms with Gasteiger partial charge in [-0.25, -0.2) is 4.98 Å². The summed E-state index contributed by atoms with van der Waals surface area (Å²) in [6.07, 6.45) is 7.16. The van der Waals surface area contributed by atoms with Crippen LogP contribution in [0.2, 0.25) is 0 Å². The van der Waals surface area contributed by atoms with E-state index in [4.69, 9.17) is 0 Å². The van der Waals surface area contributed by atoms with Crippen LogP contribution in [0.25, 0.3) is 11.4 Å². The molecule has 2 bridgehead atoms. The lowest BCUT2D eigenvalue weighted by atomic mass is 9.65. The van der Waals surface area contributed by atoms with E-state index in [2.05, 4.69) is 30.7 Å². The predicted molar refractivity (Wildman–Crippen MR) is 99.2 cm³/mol. The van der Waals surface area contributed by atoms with Gasteiger partial charge in [0, 0.05) is 43.2 Å². The maximum Gasteiger partial charge on any atom is 0.254 e. The highest BCUT2D eigenvalue weighted by Gasteiger charge is 2.51. The Kier molecular flexibility index (Phi) is 3.57. The number of imidazole rings is 1. The second-order valence-corrected chi connectivity index (χ2v) is 9.09. The maximum atomic E-state index is 13.2. The molecule has 0 radical (unpaired) electrons. The molecular formula is C21H27N3O. The molecule has 25 heavy (non-hydrogen) atoms. The Morgan fingerprint density at radius 2 is 2.04 bits per heavy atom. The molecule has 4 nitrogen and oxygen atoms in total. The van der Waals surface area contributed by atoms with Gasteiger partial charge in [-0.05, 0) is 42.2 Å². The van der Waals surface area contributed by atoms with E-state index in [1.165, 1.54) is 6.42 Å².